The molecule has 0 unspecified atom stereocenters. The van der Waals surface area contributed by atoms with Crippen molar-refractivity contribution >= 4 is 37.3 Å². The van der Waals surface area contributed by atoms with Crippen LogP contribution in [0, 0.1) is 0 Å². The van der Waals surface area contributed by atoms with E-state index in [2.05, 4.69) is 15.9 Å². The lowest BCUT2D eigenvalue weighted by Gasteiger charge is -2.16. The van der Waals surface area contributed by atoms with E-state index in [0.717, 1.165) is 5.56 Å². The van der Waals surface area contributed by atoms with E-state index in [1.807, 2.05) is 30.3 Å². The third-order valence-corrected chi connectivity index (χ3v) is 6.93. The lowest BCUT2D eigenvalue weighted by Crippen LogP contribution is -2.26. The van der Waals surface area contributed by atoms with Gasteiger partial charge in [-0.1, -0.05) is 30.3 Å². The van der Waals surface area contributed by atoms with E-state index in [-0.39, 0.29) is 0 Å². The highest BCUT2D eigenvalue weighted by atomic mass is 79.9. The van der Waals surface area contributed by atoms with Gasteiger partial charge in [0.2, 0.25) is 0 Å². The standard InChI is InChI=1S/C12H12BrNO2S2/c1-14(9-10-5-3-2-4-6-10)18(15,16)12-11(13)7-8-17-12/h2-8H,9H2,1H3. The van der Waals surface area contributed by atoms with Gasteiger partial charge >= 0.3 is 0 Å². The van der Waals surface area contributed by atoms with E-state index in [9.17, 15) is 8.42 Å². The average Bonchev–Trinajstić information content (AvgIpc) is 2.77. The van der Waals surface area contributed by atoms with Crippen LogP contribution in [-0.2, 0) is 16.6 Å². The van der Waals surface area contributed by atoms with Crippen LogP contribution in [0.5, 0.6) is 0 Å². The van der Waals surface area contributed by atoms with Gasteiger partial charge in [0.05, 0.1) is 0 Å². The number of halogens is 1. The first-order valence-electron chi connectivity index (χ1n) is 5.25. The molecule has 0 saturated carbocycles. The molecule has 6 heteroatoms. The van der Waals surface area contributed by atoms with Crippen molar-refractivity contribution in [2.45, 2.75) is 10.8 Å². The quantitative estimate of drug-likeness (QED) is 0.852. The zero-order valence-electron chi connectivity index (χ0n) is 9.71. The van der Waals surface area contributed by atoms with Gasteiger partial charge in [-0.3, -0.25) is 0 Å². The summed E-state index contributed by atoms with van der Waals surface area (Å²) in [4.78, 5) is 0. The Morgan fingerprint density at radius 1 is 1.22 bits per heavy atom. The molecule has 0 spiro atoms. The second kappa shape index (κ2) is 5.52. The molecule has 0 aliphatic heterocycles. The first-order valence-corrected chi connectivity index (χ1v) is 8.36. The van der Waals surface area contributed by atoms with Crippen LogP contribution < -0.4 is 0 Å². The summed E-state index contributed by atoms with van der Waals surface area (Å²) in [7, 11) is -1.83. The van der Waals surface area contributed by atoms with Gasteiger partial charge in [-0.2, -0.15) is 4.31 Å². The monoisotopic (exact) mass is 345 g/mol. The second-order valence-electron chi connectivity index (χ2n) is 3.80. The molecule has 2 rings (SSSR count). The fourth-order valence-corrected chi connectivity index (χ4v) is 5.19. The predicted octanol–water partition coefficient (Wildman–Crippen LogP) is 3.33. The first-order chi connectivity index (χ1) is 8.51. The molecule has 0 bridgehead atoms. The summed E-state index contributed by atoms with van der Waals surface area (Å²) in [5, 5.41) is 1.76. The Kier molecular flexibility index (Phi) is 4.21. The Hall–Kier alpha value is -0.690. The van der Waals surface area contributed by atoms with E-state index in [1.165, 1.54) is 15.6 Å². The molecule has 1 aromatic carbocycles. The van der Waals surface area contributed by atoms with Crippen LogP contribution in [0.25, 0.3) is 0 Å². The van der Waals surface area contributed by atoms with E-state index in [4.69, 9.17) is 0 Å². The molecule has 0 fully saturated rings. The average molecular weight is 346 g/mol. The molecule has 0 amide bonds. The Bertz CT molecular complexity index is 623. The molecule has 18 heavy (non-hydrogen) atoms. The van der Waals surface area contributed by atoms with Gasteiger partial charge in [-0.15, -0.1) is 11.3 Å². The maximum absolute atomic E-state index is 12.3. The van der Waals surface area contributed by atoms with Crippen molar-refractivity contribution in [3.8, 4) is 0 Å². The van der Waals surface area contributed by atoms with Crippen molar-refractivity contribution in [2.75, 3.05) is 7.05 Å². The van der Waals surface area contributed by atoms with Crippen molar-refractivity contribution in [3.63, 3.8) is 0 Å². The van der Waals surface area contributed by atoms with Gasteiger partial charge in [0.15, 0.2) is 0 Å². The molecule has 0 radical (unpaired) electrons. The summed E-state index contributed by atoms with van der Waals surface area (Å²) in [6.07, 6.45) is 0. The van der Waals surface area contributed by atoms with Gasteiger partial charge in [0.1, 0.15) is 4.21 Å². The summed E-state index contributed by atoms with van der Waals surface area (Å²) in [5.41, 5.74) is 0.969. The maximum Gasteiger partial charge on any atom is 0.253 e. The van der Waals surface area contributed by atoms with Gasteiger partial charge in [0, 0.05) is 18.1 Å². The highest BCUT2D eigenvalue weighted by molar-refractivity contribution is 9.10. The van der Waals surface area contributed by atoms with Crippen molar-refractivity contribution in [1.29, 1.82) is 0 Å². The number of thiophene rings is 1. The van der Waals surface area contributed by atoms with Gasteiger partial charge in [-0.25, -0.2) is 8.42 Å². The summed E-state index contributed by atoms with van der Waals surface area (Å²) < 4.78 is 27.0. The Balaban J connectivity index is 2.24. The van der Waals surface area contributed by atoms with Gasteiger partial charge in [-0.05, 0) is 32.9 Å². The normalized spacial score (nSPS) is 11.9. The predicted molar refractivity (Wildman–Crippen MR) is 77.1 cm³/mol. The first kappa shape index (κ1) is 13.7. The molecule has 3 nitrogen and oxygen atoms in total. The summed E-state index contributed by atoms with van der Waals surface area (Å²) in [6, 6.07) is 11.3. The molecule has 1 heterocycles. The van der Waals surface area contributed by atoms with E-state index >= 15 is 0 Å². The smallest absolute Gasteiger partial charge is 0.206 e. The Morgan fingerprint density at radius 2 is 1.89 bits per heavy atom. The van der Waals surface area contributed by atoms with Crippen LogP contribution >= 0.6 is 27.3 Å². The summed E-state index contributed by atoms with van der Waals surface area (Å²) >= 11 is 4.48. The minimum Gasteiger partial charge on any atom is -0.206 e. The van der Waals surface area contributed by atoms with Crippen LogP contribution in [-0.4, -0.2) is 19.8 Å². The van der Waals surface area contributed by atoms with Crippen molar-refractivity contribution < 1.29 is 8.42 Å². The minimum atomic E-state index is -3.42. The SMILES string of the molecule is CN(Cc1ccccc1)S(=O)(=O)c1sccc1Br. The second-order valence-corrected chi connectivity index (χ2v) is 7.81. The lowest BCUT2D eigenvalue weighted by atomic mass is 10.2. The zero-order valence-corrected chi connectivity index (χ0v) is 12.9. The van der Waals surface area contributed by atoms with Gasteiger partial charge < -0.3 is 0 Å². The largest absolute Gasteiger partial charge is 0.253 e. The number of hydrogen-bond donors (Lipinski definition) is 0. The zero-order chi connectivity index (χ0) is 13.2. The fourth-order valence-electron chi connectivity index (χ4n) is 1.53. The highest BCUT2D eigenvalue weighted by Gasteiger charge is 2.24. The molecule has 0 saturated heterocycles. The van der Waals surface area contributed by atoms with Crippen LogP contribution in [0.2, 0.25) is 0 Å². The van der Waals surface area contributed by atoms with Crippen LogP contribution in [0.3, 0.4) is 0 Å². The van der Waals surface area contributed by atoms with Crippen molar-refractivity contribution in [3.05, 3.63) is 51.8 Å². The highest BCUT2D eigenvalue weighted by Crippen LogP contribution is 2.30. The summed E-state index contributed by atoms with van der Waals surface area (Å²) in [5.74, 6) is 0. The molecule has 0 atom stereocenters. The molecule has 2 aromatic rings. The third kappa shape index (κ3) is 2.83. The number of hydrogen-bond acceptors (Lipinski definition) is 3. The number of rotatable bonds is 4. The maximum atomic E-state index is 12.3. The van der Waals surface area contributed by atoms with Crippen LogP contribution in [0.1, 0.15) is 5.56 Å². The molecule has 0 aliphatic carbocycles. The topological polar surface area (TPSA) is 37.4 Å². The van der Waals surface area contributed by atoms with Crippen molar-refractivity contribution in [2.24, 2.45) is 0 Å². The molecule has 96 valence electrons. The molecule has 0 aliphatic rings. The van der Waals surface area contributed by atoms with Crippen LogP contribution in [0.4, 0.5) is 0 Å². The fraction of sp³-hybridized carbons (Fsp3) is 0.167. The van der Waals surface area contributed by atoms with E-state index in [0.29, 0.717) is 15.2 Å². The summed E-state index contributed by atoms with van der Waals surface area (Å²) in [6.45, 7) is 0.369. The third-order valence-electron chi connectivity index (χ3n) is 2.48. The molecular formula is C12H12BrNO2S2. The lowest BCUT2D eigenvalue weighted by molar-refractivity contribution is 0.468. The Morgan fingerprint density at radius 3 is 2.44 bits per heavy atom. The van der Waals surface area contributed by atoms with Crippen molar-refractivity contribution in [1.82, 2.24) is 4.31 Å². The minimum absolute atomic E-state index is 0.348. The number of sulfonamides is 1. The molecule has 0 N–H and O–H groups in total. The van der Waals surface area contributed by atoms with Crippen LogP contribution in [0.15, 0.2) is 50.5 Å². The van der Waals surface area contributed by atoms with Gasteiger partial charge in [0.25, 0.3) is 10.0 Å². The number of nitrogens with zero attached hydrogens (tertiary/aromatic N) is 1. The van der Waals surface area contributed by atoms with E-state index < -0.39 is 10.0 Å². The molecular weight excluding hydrogens is 334 g/mol. The van der Waals surface area contributed by atoms with E-state index in [1.54, 1.807) is 18.5 Å². The number of benzene rings is 1. The molecule has 1 aromatic heterocycles. The Labute approximate surface area is 119 Å².